The third-order valence-corrected chi connectivity index (χ3v) is 9.65. The van der Waals surface area contributed by atoms with Gasteiger partial charge in [0.25, 0.3) is 0 Å². The summed E-state index contributed by atoms with van der Waals surface area (Å²) in [6, 6.07) is 7.92. The van der Waals surface area contributed by atoms with E-state index in [0.717, 1.165) is 22.6 Å². The van der Waals surface area contributed by atoms with Crippen molar-refractivity contribution in [2.75, 3.05) is 12.4 Å². The van der Waals surface area contributed by atoms with Gasteiger partial charge in [-0.1, -0.05) is 42.5 Å². The van der Waals surface area contributed by atoms with Crippen LogP contribution in [0.15, 0.2) is 54.1 Å². The molecule has 0 atom stereocenters. The standard InChI is InChI=1S/C25H30BrN5O4SSi/c1-5-36(32,33)23-7-6-19(15-29-23)35-20-12-18(14-26)24-22(13-20)31(17-34-10-11-37(2,3)4)25(30-24)21-16-27-8-9-28-21/h6-9,12-13,15-16H,5,10-11,14,17H2,1-4H3. The maximum Gasteiger partial charge on any atom is 0.195 e. The van der Waals surface area contributed by atoms with Crippen molar-refractivity contribution >= 4 is 44.9 Å². The molecule has 9 nitrogen and oxygen atoms in total. The lowest BCUT2D eigenvalue weighted by Gasteiger charge is -2.16. The Morgan fingerprint density at radius 2 is 1.86 bits per heavy atom. The van der Waals surface area contributed by atoms with Crippen LogP contribution in [0.4, 0.5) is 0 Å². The highest BCUT2D eigenvalue weighted by Gasteiger charge is 2.19. The first-order valence-corrected chi connectivity index (χ1v) is 18.4. The average molecular weight is 605 g/mol. The molecule has 4 aromatic rings. The van der Waals surface area contributed by atoms with Gasteiger partial charge in [-0.2, -0.15) is 0 Å². The Hall–Kier alpha value is -2.67. The summed E-state index contributed by atoms with van der Waals surface area (Å²) >= 11 is 3.57. The molecule has 0 saturated carbocycles. The van der Waals surface area contributed by atoms with Crippen LogP contribution in [0, 0.1) is 0 Å². The molecule has 3 aromatic heterocycles. The Morgan fingerprint density at radius 3 is 2.49 bits per heavy atom. The fourth-order valence-electron chi connectivity index (χ4n) is 3.60. The molecule has 0 N–H and O–H groups in total. The molecule has 0 aliphatic rings. The zero-order valence-electron chi connectivity index (χ0n) is 21.3. The third-order valence-electron chi connectivity index (χ3n) is 5.70. The van der Waals surface area contributed by atoms with E-state index in [1.54, 1.807) is 31.6 Å². The van der Waals surface area contributed by atoms with Crippen molar-refractivity contribution in [1.82, 2.24) is 24.5 Å². The fraction of sp³-hybridized carbons (Fsp3) is 0.360. The second-order valence-electron chi connectivity index (χ2n) is 9.72. The Balaban J connectivity index is 1.72. The van der Waals surface area contributed by atoms with Gasteiger partial charge in [-0.3, -0.25) is 9.55 Å². The number of hydrogen-bond acceptors (Lipinski definition) is 8. The first-order valence-electron chi connectivity index (χ1n) is 11.9. The van der Waals surface area contributed by atoms with Crippen molar-refractivity contribution in [3.05, 3.63) is 54.6 Å². The molecule has 37 heavy (non-hydrogen) atoms. The van der Waals surface area contributed by atoms with Crippen LogP contribution in [0.2, 0.25) is 25.7 Å². The van der Waals surface area contributed by atoms with Crippen LogP contribution in [0.3, 0.4) is 0 Å². The highest BCUT2D eigenvalue weighted by atomic mass is 79.9. The number of nitrogens with zero attached hydrogens (tertiary/aromatic N) is 5. The second kappa shape index (κ2) is 11.4. The van der Waals surface area contributed by atoms with E-state index in [1.807, 2.05) is 16.7 Å². The minimum atomic E-state index is -3.38. The number of sulfone groups is 1. The second-order valence-corrected chi connectivity index (χ2v) is 18.1. The van der Waals surface area contributed by atoms with Crippen LogP contribution in [-0.2, 0) is 26.6 Å². The summed E-state index contributed by atoms with van der Waals surface area (Å²) < 4.78 is 38.3. The summed E-state index contributed by atoms with van der Waals surface area (Å²) in [5, 5.41) is 0.584. The number of alkyl halides is 1. The SMILES string of the molecule is CCS(=O)(=O)c1ccc(Oc2cc(CBr)c3nc(-c4cnccn4)n(COCC[Si](C)(C)C)c3c2)cn1. The van der Waals surface area contributed by atoms with Crippen LogP contribution in [-0.4, -0.2) is 53.4 Å². The molecule has 196 valence electrons. The minimum absolute atomic E-state index is 0.0103. The van der Waals surface area contributed by atoms with Crippen molar-refractivity contribution in [1.29, 1.82) is 0 Å². The number of imidazole rings is 1. The van der Waals surface area contributed by atoms with Gasteiger partial charge in [-0.05, 0) is 29.8 Å². The van der Waals surface area contributed by atoms with Gasteiger partial charge in [-0.25, -0.2) is 23.4 Å². The van der Waals surface area contributed by atoms with Crippen molar-refractivity contribution in [2.45, 2.75) is 49.7 Å². The third kappa shape index (κ3) is 6.61. The monoisotopic (exact) mass is 603 g/mol. The summed E-state index contributed by atoms with van der Waals surface area (Å²) in [7, 11) is -4.62. The zero-order chi connectivity index (χ0) is 26.6. The van der Waals surface area contributed by atoms with E-state index in [0.29, 0.717) is 41.7 Å². The number of fused-ring (bicyclic) bond motifs is 1. The van der Waals surface area contributed by atoms with Gasteiger partial charge in [0.05, 0.1) is 29.2 Å². The van der Waals surface area contributed by atoms with Gasteiger partial charge in [0.15, 0.2) is 20.7 Å². The Morgan fingerprint density at radius 1 is 1.05 bits per heavy atom. The van der Waals surface area contributed by atoms with E-state index in [1.165, 1.54) is 12.3 Å². The van der Waals surface area contributed by atoms with Crippen LogP contribution in [0.1, 0.15) is 12.5 Å². The van der Waals surface area contributed by atoms with Crippen LogP contribution in [0.5, 0.6) is 11.5 Å². The van der Waals surface area contributed by atoms with Crippen molar-refractivity contribution in [3.63, 3.8) is 0 Å². The molecular formula is C25H30BrN5O4SSi. The summed E-state index contributed by atoms with van der Waals surface area (Å²) in [6.07, 6.45) is 6.37. The van der Waals surface area contributed by atoms with Crippen LogP contribution >= 0.6 is 15.9 Å². The molecule has 0 unspecified atom stereocenters. The van der Waals surface area contributed by atoms with Gasteiger partial charge in [0, 0.05) is 38.5 Å². The summed E-state index contributed by atoms with van der Waals surface area (Å²) in [4.78, 5) is 17.7. The number of halogens is 1. The molecule has 4 rings (SSSR count). The molecule has 3 heterocycles. The van der Waals surface area contributed by atoms with Crippen LogP contribution < -0.4 is 4.74 Å². The molecule has 0 bridgehead atoms. The molecule has 0 fully saturated rings. The molecule has 0 amide bonds. The topological polar surface area (TPSA) is 109 Å². The highest BCUT2D eigenvalue weighted by Crippen LogP contribution is 2.33. The van der Waals surface area contributed by atoms with E-state index in [2.05, 4.69) is 50.5 Å². The Kier molecular flexibility index (Phi) is 8.41. The largest absolute Gasteiger partial charge is 0.456 e. The smallest absolute Gasteiger partial charge is 0.195 e. The maximum atomic E-state index is 12.1. The molecule has 0 spiro atoms. The normalized spacial score (nSPS) is 12.2. The first kappa shape index (κ1) is 27.4. The molecule has 0 aliphatic carbocycles. The zero-order valence-corrected chi connectivity index (χ0v) is 24.7. The van der Waals surface area contributed by atoms with E-state index in [9.17, 15) is 8.42 Å². The van der Waals surface area contributed by atoms with Crippen molar-refractivity contribution in [2.24, 2.45) is 0 Å². The lowest BCUT2D eigenvalue weighted by Crippen LogP contribution is -2.22. The van der Waals surface area contributed by atoms with E-state index < -0.39 is 17.9 Å². The first-order chi connectivity index (χ1) is 17.6. The molecule has 0 aliphatic heterocycles. The molecule has 0 radical (unpaired) electrons. The van der Waals surface area contributed by atoms with E-state index in [-0.39, 0.29) is 10.8 Å². The van der Waals surface area contributed by atoms with Gasteiger partial charge in [0.1, 0.15) is 23.9 Å². The summed E-state index contributed by atoms with van der Waals surface area (Å²) in [5.74, 6) is 1.65. The maximum absolute atomic E-state index is 12.1. The number of ether oxygens (including phenoxy) is 2. The number of rotatable bonds is 11. The lowest BCUT2D eigenvalue weighted by atomic mass is 10.2. The number of benzene rings is 1. The average Bonchev–Trinajstić information content (AvgIpc) is 3.25. The number of hydrogen-bond donors (Lipinski definition) is 0. The molecule has 1 aromatic carbocycles. The minimum Gasteiger partial charge on any atom is -0.456 e. The Bertz CT molecular complexity index is 1470. The van der Waals surface area contributed by atoms with Crippen LogP contribution in [0.25, 0.3) is 22.6 Å². The Labute approximate surface area is 226 Å². The van der Waals surface area contributed by atoms with E-state index >= 15 is 0 Å². The van der Waals surface area contributed by atoms with Crippen molar-refractivity contribution < 1.29 is 17.9 Å². The van der Waals surface area contributed by atoms with Gasteiger partial charge in [0.2, 0.25) is 0 Å². The predicted octanol–water partition coefficient (Wildman–Crippen LogP) is 5.68. The molecule has 12 heteroatoms. The lowest BCUT2D eigenvalue weighted by molar-refractivity contribution is 0.0909. The number of pyridine rings is 1. The van der Waals surface area contributed by atoms with Gasteiger partial charge < -0.3 is 9.47 Å². The van der Waals surface area contributed by atoms with Gasteiger partial charge in [-0.15, -0.1) is 0 Å². The molecule has 0 saturated heterocycles. The van der Waals surface area contributed by atoms with E-state index in [4.69, 9.17) is 14.5 Å². The quantitative estimate of drug-likeness (QED) is 0.122. The van der Waals surface area contributed by atoms with Gasteiger partial charge >= 0.3 is 0 Å². The highest BCUT2D eigenvalue weighted by molar-refractivity contribution is 9.08. The summed E-state index contributed by atoms with van der Waals surface area (Å²) in [6.45, 7) is 9.51. The fourth-order valence-corrected chi connectivity index (χ4v) is 5.56. The van der Waals surface area contributed by atoms with Crippen molar-refractivity contribution in [3.8, 4) is 23.0 Å². The molecular weight excluding hydrogens is 574 g/mol. The predicted molar refractivity (Wildman–Crippen MR) is 150 cm³/mol. The summed E-state index contributed by atoms with van der Waals surface area (Å²) in [5.41, 5.74) is 3.21. The number of aromatic nitrogens is 5.